The summed E-state index contributed by atoms with van der Waals surface area (Å²) in [5, 5.41) is 4.23. The maximum absolute atomic E-state index is 6.22. The van der Waals surface area contributed by atoms with E-state index in [2.05, 4.69) is 44.0 Å². The van der Waals surface area contributed by atoms with Crippen molar-refractivity contribution in [2.24, 2.45) is 12.8 Å². The van der Waals surface area contributed by atoms with Gasteiger partial charge in [0.2, 0.25) is 0 Å². The largest absolute Gasteiger partial charge is 0.326 e. The predicted molar refractivity (Wildman–Crippen MR) is 67.1 cm³/mol. The van der Waals surface area contributed by atoms with E-state index in [1.807, 2.05) is 17.9 Å². The first-order valence-electron chi connectivity index (χ1n) is 5.93. The van der Waals surface area contributed by atoms with Gasteiger partial charge >= 0.3 is 0 Å². The molecular weight excluding hydrogens is 200 g/mol. The third-order valence-electron chi connectivity index (χ3n) is 3.20. The second-order valence-electron chi connectivity index (χ2n) is 4.72. The predicted octanol–water partition coefficient (Wildman–Crippen LogP) is 1.54. The summed E-state index contributed by atoms with van der Waals surface area (Å²) in [5.41, 5.74) is 7.42. The molecule has 1 aromatic heterocycles. The van der Waals surface area contributed by atoms with Crippen LogP contribution in [0.25, 0.3) is 0 Å². The fraction of sp³-hybridized carbons (Fsp3) is 0.750. The third kappa shape index (κ3) is 2.83. The van der Waals surface area contributed by atoms with Crippen molar-refractivity contribution in [1.29, 1.82) is 0 Å². The Morgan fingerprint density at radius 3 is 2.50 bits per heavy atom. The quantitative estimate of drug-likeness (QED) is 0.825. The average Bonchev–Trinajstić information content (AvgIpc) is 2.64. The van der Waals surface area contributed by atoms with E-state index in [1.165, 1.54) is 5.56 Å². The first kappa shape index (κ1) is 13.2. The molecule has 0 spiro atoms. The Morgan fingerprint density at radius 1 is 1.50 bits per heavy atom. The monoisotopic (exact) mass is 224 g/mol. The SMILES string of the molecule is CCC(N)C(c1cnn(C)c1)N(C)C(C)C. The molecule has 4 nitrogen and oxygen atoms in total. The molecular formula is C12H24N4. The molecule has 1 rings (SSSR count). The molecule has 1 heterocycles. The summed E-state index contributed by atoms with van der Waals surface area (Å²) in [6.07, 6.45) is 4.94. The third-order valence-corrected chi connectivity index (χ3v) is 3.20. The lowest BCUT2D eigenvalue weighted by Crippen LogP contribution is -2.41. The van der Waals surface area contributed by atoms with Crippen molar-refractivity contribution >= 4 is 0 Å². The first-order chi connectivity index (χ1) is 7.47. The Labute approximate surface area is 98.4 Å². The normalized spacial score (nSPS) is 15.8. The summed E-state index contributed by atoms with van der Waals surface area (Å²) < 4.78 is 1.83. The number of hydrogen-bond donors (Lipinski definition) is 1. The molecule has 0 bridgehead atoms. The van der Waals surface area contributed by atoms with Gasteiger partial charge in [-0.15, -0.1) is 0 Å². The Morgan fingerprint density at radius 2 is 2.12 bits per heavy atom. The van der Waals surface area contributed by atoms with Gasteiger partial charge in [0.1, 0.15) is 0 Å². The van der Waals surface area contributed by atoms with Crippen LogP contribution in [0, 0.1) is 0 Å². The Bertz CT molecular complexity index is 319. The van der Waals surface area contributed by atoms with E-state index >= 15 is 0 Å². The van der Waals surface area contributed by atoms with Gasteiger partial charge in [-0.2, -0.15) is 5.10 Å². The molecule has 92 valence electrons. The van der Waals surface area contributed by atoms with Crippen LogP contribution in [-0.2, 0) is 7.05 Å². The summed E-state index contributed by atoms with van der Waals surface area (Å²) in [7, 11) is 4.06. The molecule has 0 aliphatic rings. The summed E-state index contributed by atoms with van der Waals surface area (Å²) in [6.45, 7) is 6.50. The van der Waals surface area contributed by atoms with Gasteiger partial charge in [0.25, 0.3) is 0 Å². The van der Waals surface area contributed by atoms with Crippen LogP contribution in [0.5, 0.6) is 0 Å². The van der Waals surface area contributed by atoms with E-state index in [1.54, 1.807) is 0 Å². The Balaban J connectivity index is 2.96. The van der Waals surface area contributed by atoms with Crippen LogP contribution in [-0.4, -0.2) is 33.8 Å². The van der Waals surface area contributed by atoms with Gasteiger partial charge in [0.15, 0.2) is 0 Å². The van der Waals surface area contributed by atoms with Crippen molar-refractivity contribution in [2.45, 2.75) is 45.3 Å². The highest BCUT2D eigenvalue weighted by Gasteiger charge is 2.25. The van der Waals surface area contributed by atoms with Gasteiger partial charge in [-0.05, 0) is 27.3 Å². The van der Waals surface area contributed by atoms with Crippen LogP contribution in [0.4, 0.5) is 0 Å². The molecule has 0 radical (unpaired) electrons. The lowest BCUT2D eigenvalue weighted by molar-refractivity contribution is 0.168. The Hall–Kier alpha value is -0.870. The minimum absolute atomic E-state index is 0.150. The van der Waals surface area contributed by atoms with Crippen molar-refractivity contribution in [3.63, 3.8) is 0 Å². The van der Waals surface area contributed by atoms with Gasteiger partial charge in [-0.25, -0.2) is 0 Å². The van der Waals surface area contributed by atoms with Crippen LogP contribution in [0.15, 0.2) is 12.4 Å². The molecule has 2 N–H and O–H groups in total. The molecule has 0 aliphatic carbocycles. The lowest BCUT2D eigenvalue weighted by atomic mass is 9.98. The molecule has 0 amide bonds. The molecule has 2 unspecified atom stereocenters. The minimum Gasteiger partial charge on any atom is -0.326 e. The molecule has 0 aliphatic heterocycles. The Kier molecular flexibility index (Phi) is 4.50. The number of aryl methyl sites for hydroxylation is 1. The second-order valence-corrected chi connectivity index (χ2v) is 4.72. The summed E-state index contributed by atoms with van der Waals surface area (Å²) >= 11 is 0. The standard InChI is InChI=1S/C12H24N4/c1-6-11(13)12(16(5)9(2)3)10-7-14-15(4)8-10/h7-9,11-12H,6,13H2,1-5H3. The highest BCUT2D eigenvalue weighted by molar-refractivity contribution is 5.13. The van der Waals surface area contributed by atoms with Crippen molar-refractivity contribution in [3.8, 4) is 0 Å². The fourth-order valence-corrected chi connectivity index (χ4v) is 1.92. The van der Waals surface area contributed by atoms with E-state index < -0.39 is 0 Å². The zero-order chi connectivity index (χ0) is 12.3. The number of nitrogens with two attached hydrogens (primary N) is 1. The van der Waals surface area contributed by atoms with E-state index in [0.717, 1.165) is 6.42 Å². The van der Waals surface area contributed by atoms with E-state index in [4.69, 9.17) is 5.73 Å². The molecule has 2 atom stereocenters. The van der Waals surface area contributed by atoms with Crippen molar-refractivity contribution in [3.05, 3.63) is 18.0 Å². The molecule has 0 fully saturated rings. The number of hydrogen-bond acceptors (Lipinski definition) is 3. The van der Waals surface area contributed by atoms with Crippen LogP contribution in [0.3, 0.4) is 0 Å². The number of aromatic nitrogens is 2. The molecule has 1 aromatic rings. The van der Waals surface area contributed by atoms with Crippen molar-refractivity contribution < 1.29 is 0 Å². The van der Waals surface area contributed by atoms with Gasteiger partial charge in [-0.1, -0.05) is 6.92 Å². The zero-order valence-electron chi connectivity index (χ0n) is 11.0. The molecule has 0 aromatic carbocycles. The smallest absolute Gasteiger partial charge is 0.0538 e. The average molecular weight is 224 g/mol. The van der Waals surface area contributed by atoms with Crippen molar-refractivity contribution in [2.75, 3.05) is 7.05 Å². The molecule has 0 saturated carbocycles. The fourth-order valence-electron chi connectivity index (χ4n) is 1.92. The van der Waals surface area contributed by atoms with E-state index in [-0.39, 0.29) is 12.1 Å². The minimum atomic E-state index is 0.150. The van der Waals surface area contributed by atoms with Gasteiger partial charge in [0, 0.05) is 30.9 Å². The maximum atomic E-state index is 6.22. The first-order valence-corrected chi connectivity index (χ1v) is 5.93. The number of likely N-dealkylation sites (N-methyl/N-ethyl adjacent to an activating group) is 1. The van der Waals surface area contributed by atoms with Crippen LogP contribution >= 0.6 is 0 Å². The number of nitrogens with zero attached hydrogens (tertiary/aromatic N) is 3. The van der Waals surface area contributed by atoms with E-state index in [0.29, 0.717) is 6.04 Å². The topological polar surface area (TPSA) is 47.1 Å². The zero-order valence-corrected chi connectivity index (χ0v) is 11.0. The lowest BCUT2D eigenvalue weighted by Gasteiger charge is -2.34. The van der Waals surface area contributed by atoms with E-state index in [9.17, 15) is 0 Å². The van der Waals surface area contributed by atoms with Crippen LogP contribution in [0.2, 0.25) is 0 Å². The second kappa shape index (κ2) is 5.46. The highest BCUT2D eigenvalue weighted by atomic mass is 15.3. The van der Waals surface area contributed by atoms with Crippen LogP contribution in [0.1, 0.15) is 38.8 Å². The van der Waals surface area contributed by atoms with Crippen LogP contribution < -0.4 is 5.73 Å². The molecule has 0 saturated heterocycles. The summed E-state index contributed by atoms with van der Waals surface area (Å²) in [4.78, 5) is 2.31. The number of rotatable bonds is 5. The molecule has 16 heavy (non-hydrogen) atoms. The molecule has 4 heteroatoms. The maximum Gasteiger partial charge on any atom is 0.0538 e. The van der Waals surface area contributed by atoms with Crippen molar-refractivity contribution in [1.82, 2.24) is 14.7 Å². The highest BCUT2D eigenvalue weighted by Crippen LogP contribution is 2.24. The van der Waals surface area contributed by atoms with Gasteiger partial charge in [0.05, 0.1) is 12.2 Å². The van der Waals surface area contributed by atoms with Gasteiger partial charge < -0.3 is 5.73 Å². The summed E-state index contributed by atoms with van der Waals surface area (Å²) in [5.74, 6) is 0. The summed E-state index contributed by atoms with van der Waals surface area (Å²) in [6, 6.07) is 0.873. The van der Waals surface area contributed by atoms with Gasteiger partial charge in [-0.3, -0.25) is 9.58 Å².